The van der Waals surface area contributed by atoms with Gasteiger partial charge in [0.25, 0.3) is 0 Å². The molecule has 1 aromatic carbocycles. The van der Waals surface area contributed by atoms with E-state index in [9.17, 15) is 9.00 Å². The molecule has 2 rings (SSSR count). The maximum Gasteiger partial charge on any atom is 0.315 e. The predicted molar refractivity (Wildman–Crippen MR) is 82.2 cm³/mol. The lowest BCUT2D eigenvalue weighted by molar-refractivity contribution is 0.238. The van der Waals surface area contributed by atoms with Gasteiger partial charge in [0.15, 0.2) is 0 Å². The number of carbonyl (C=O) groups excluding carboxylic acids is 1. The van der Waals surface area contributed by atoms with Crippen LogP contribution in [-0.2, 0) is 17.3 Å². The molecule has 1 aliphatic rings. The fraction of sp³-hybridized carbons (Fsp3) is 0.533. The van der Waals surface area contributed by atoms with Crippen LogP contribution in [0.3, 0.4) is 0 Å². The Kier molecular flexibility index (Phi) is 5.17. The molecule has 1 fully saturated rings. The zero-order valence-electron chi connectivity index (χ0n) is 12.0. The number of rotatable bonds is 6. The van der Waals surface area contributed by atoms with E-state index in [4.69, 9.17) is 0 Å². The molecular weight excluding hydrogens is 272 g/mol. The van der Waals surface area contributed by atoms with Gasteiger partial charge in [-0.3, -0.25) is 4.21 Å². The summed E-state index contributed by atoms with van der Waals surface area (Å²) >= 11 is 0. The molecule has 2 N–H and O–H groups in total. The molecule has 0 saturated heterocycles. The highest BCUT2D eigenvalue weighted by atomic mass is 32.2. The Bertz CT molecular complexity index is 483. The van der Waals surface area contributed by atoms with Crippen molar-refractivity contribution in [1.29, 1.82) is 0 Å². The van der Waals surface area contributed by atoms with E-state index in [2.05, 4.69) is 34.9 Å². The van der Waals surface area contributed by atoms with Crippen molar-refractivity contribution < 1.29 is 9.00 Å². The molecule has 0 bridgehead atoms. The fourth-order valence-corrected chi connectivity index (χ4v) is 2.96. The van der Waals surface area contributed by atoms with Crippen molar-refractivity contribution in [3.05, 3.63) is 35.4 Å². The molecule has 1 aromatic rings. The number of hydrogen-bond acceptors (Lipinski definition) is 2. The molecule has 5 heteroatoms. The van der Waals surface area contributed by atoms with Crippen molar-refractivity contribution >= 4 is 16.8 Å². The minimum absolute atomic E-state index is 0.0851. The van der Waals surface area contributed by atoms with E-state index in [-0.39, 0.29) is 12.1 Å². The molecule has 0 radical (unpaired) electrons. The largest absolute Gasteiger partial charge is 0.335 e. The van der Waals surface area contributed by atoms with Gasteiger partial charge in [0, 0.05) is 35.4 Å². The monoisotopic (exact) mass is 294 g/mol. The van der Waals surface area contributed by atoms with Crippen molar-refractivity contribution in [3.63, 3.8) is 0 Å². The first kappa shape index (κ1) is 15.0. The number of benzene rings is 1. The van der Waals surface area contributed by atoms with Crippen LogP contribution in [0.25, 0.3) is 0 Å². The van der Waals surface area contributed by atoms with E-state index in [1.54, 1.807) is 6.26 Å². The Morgan fingerprint density at radius 2 is 2.00 bits per heavy atom. The van der Waals surface area contributed by atoms with Crippen molar-refractivity contribution in [2.75, 3.05) is 12.0 Å². The maximum absolute atomic E-state index is 11.7. The average Bonchev–Trinajstić information content (AvgIpc) is 3.20. The lowest BCUT2D eigenvalue weighted by Crippen LogP contribution is -2.42. The van der Waals surface area contributed by atoms with Crippen LogP contribution in [0.15, 0.2) is 24.3 Å². The Balaban J connectivity index is 1.73. The Hall–Kier alpha value is -1.36. The fourth-order valence-electron chi connectivity index (χ4n) is 2.18. The van der Waals surface area contributed by atoms with Gasteiger partial charge < -0.3 is 10.6 Å². The molecule has 2 unspecified atom stereocenters. The molecule has 20 heavy (non-hydrogen) atoms. The molecule has 1 saturated carbocycles. The van der Waals surface area contributed by atoms with Crippen LogP contribution >= 0.6 is 0 Å². The highest BCUT2D eigenvalue weighted by Crippen LogP contribution is 2.39. The topological polar surface area (TPSA) is 58.2 Å². The van der Waals surface area contributed by atoms with Crippen LogP contribution in [0.1, 0.15) is 36.8 Å². The number of nitrogens with one attached hydrogen (secondary N) is 2. The zero-order valence-corrected chi connectivity index (χ0v) is 12.8. The van der Waals surface area contributed by atoms with Crippen molar-refractivity contribution in [1.82, 2.24) is 10.6 Å². The summed E-state index contributed by atoms with van der Waals surface area (Å²) in [6.07, 6.45) is 4.24. The zero-order chi connectivity index (χ0) is 14.5. The molecule has 2 amide bonds. The second-order valence-corrected chi connectivity index (χ2v) is 6.96. The summed E-state index contributed by atoms with van der Waals surface area (Å²) in [6.45, 7) is 2.37. The van der Waals surface area contributed by atoms with E-state index >= 15 is 0 Å². The first-order chi connectivity index (χ1) is 9.54. The van der Waals surface area contributed by atoms with Crippen molar-refractivity contribution in [3.8, 4) is 0 Å². The second-order valence-electron chi connectivity index (χ2n) is 5.48. The third kappa shape index (κ3) is 4.96. The summed E-state index contributed by atoms with van der Waals surface area (Å²) in [7, 11) is -0.896. The SMILES string of the molecule is CC(CS(C)=O)NC(=O)NCc1ccc(C2CC2)cc1. The van der Waals surface area contributed by atoms with Gasteiger partial charge in [-0.2, -0.15) is 0 Å². The van der Waals surface area contributed by atoms with E-state index in [1.165, 1.54) is 18.4 Å². The third-order valence-electron chi connectivity index (χ3n) is 3.34. The van der Waals surface area contributed by atoms with Crippen LogP contribution in [0.5, 0.6) is 0 Å². The van der Waals surface area contributed by atoms with Crippen LogP contribution in [0, 0.1) is 0 Å². The van der Waals surface area contributed by atoms with E-state index in [0.717, 1.165) is 11.5 Å². The van der Waals surface area contributed by atoms with Gasteiger partial charge in [-0.05, 0) is 36.8 Å². The first-order valence-electron chi connectivity index (χ1n) is 6.98. The Morgan fingerprint density at radius 1 is 1.35 bits per heavy atom. The lowest BCUT2D eigenvalue weighted by Gasteiger charge is -2.13. The molecule has 1 aliphatic carbocycles. The molecule has 4 nitrogen and oxygen atoms in total. The standard InChI is InChI=1S/C15H22N2O2S/c1-11(10-20(2)19)17-15(18)16-9-12-3-5-13(6-4-12)14-7-8-14/h3-6,11,14H,7-10H2,1-2H3,(H2,16,17,18). The summed E-state index contributed by atoms with van der Waals surface area (Å²) in [5.74, 6) is 1.24. The number of amides is 2. The van der Waals surface area contributed by atoms with Gasteiger partial charge in [0.05, 0.1) is 0 Å². The van der Waals surface area contributed by atoms with Crippen molar-refractivity contribution in [2.45, 2.75) is 38.3 Å². The molecular formula is C15H22N2O2S. The Labute approximate surface area is 122 Å². The van der Waals surface area contributed by atoms with Gasteiger partial charge in [-0.15, -0.1) is 0 Å². The summed E-state index contributed by atoms with van der Waals surface area (Å²) in [5, 5.41) is 5.60. The number of carbonyl (C=O) groups is 1. The number of urea groups is 1. The molecule has 2 atom stereocenters. The molecule has 0 aliphatic heterocycles. The second kappa shape index (κ2) is 6.88. The summed E-state index contributed by atoms with van der Waals surface area (Å²) in [4.78, 5) is 11.7. The normalized spacial score (nSPS) is 17.3. The quantitative estimate of drug-likeness (QED) is 0.844. The molecule has 0 aromatic heterocycles. The van der Waals surface area contributed by atoms with Gasteiger partial charge in [0.2, 0.25) is 0 Å². The highest BCUT2D eigenvalue weighted by Gasteiger charge is 2.22. The molecule has 0 heterocycles. The van der Waals surface area contributed by atoms with Gasteiger partial charge in [-0.25, -0.2) is 4.79 Å². The van der Waals surface area contributed by atoms with Gasteiger partial charge in [-0.1, -0.05) is 24.3 Å². The Morgan fingerprint density at radius 3 is 2.55 bits per heavy atom. The van der Waals surface area contributed by atoms with Crippen LogP contribution in [0.2, 0.25) is 0 Å². The van der Waals surface area contributed by atoms with Gasteiger partial charge >= 0.3 is 6.03 Å². The van der Waals surface area contributed by atoms with Crippen LogP contribution < -0.4 is 10.6 Å². The van der Waals surface area contributed by atoms with Crippen molar-refractivity contribution in [2.24, 2.45) is 0 Å². The molecule has 110 valence electrons. The summed E-state index contributed by atoms with van der Waals surface area (Å²) in [5.41, 5.74) is 2.49. The van der Waals surface area contributed by atoms with Crippen LogP contribution in [-0.4, -0.2) is 28.3 Å². The smallest absolute Gasteiger partial charge is 0.315 e. The van der Waals surface area contributed by atoms with Crippen LogP contribution in [0.4, 0.5) is 4.79 Å². The highest BCUT2D eigenvalue weighted by molar-refractivity contribution is 7.84. The van der Waals surface area contributed by atoms with E-state index < -0.39 is 10.8 Å². The third-order valence-corrected chi connectivity index (χ3v) is 4.31. The predicted octanol–water partition coefficient (Wildman–Crippen LogP) is 2.13. The van der Waals surface area contributed by atoms with Gasteiger partial charge in [0.1, 0.15) is 0 Å². The average molecular weight is 294 g/mol. The summed E-state index contributed by atoms with van der Waals surface area (Å²) < 4.78 is 11.0. The lowest BCUT2D eigenvalue weighted by atomic mass is 10.1. The van der Waals surface area contributed by atoms with E-state index in [1.807, 2.05) is 6.92 Å². The maximum atomic E-state index is 11.7. The molecule has 0 spiro atoms. The van der Waals surface area contributed by atoms with E-state index in [0.29, 0.717) is 12.3 Å². The minimum atomic E-state index is -0.896. The first-order valence-corrected chi connectivity index (χ1v) is 8.70. The summed E-state index contributed by atoms with van der Waals surface area (Å²) in [6, 6.07) is 8.13. The number of hydrogen-bond donors (Lipinski definition) is 2. The minimum Gasteiger partial charge on any atom is -0.335 e.